The largest absolute Gasteiger partial charge is 0.379 e. The van der Waals surface area contributed by atoms with Gasteiger partial charge in [-0.1, -0.05) is 0 Å². The van der Waals surface area contributed by atoms with Gasteiger partial charge < -0.3 is 14.8 Å². The molecule has 1 saturated heterocycles. The van der Waals surface area contributed by atoms with Gasteiger partial charge in [-0.25, -0.2) is 0 Å². The number of ether oxygens (including phenoxy) is 2. The normalized spacial score (nSPS) is 21.6. The topological polar surface area (TPSA) is 76.2 Å². The minimum Gasteiger partial charge on any atom is -0.379 e. The average Bonchev–Trinajstić information content (AvgIpc) is 3.02. The van der Waals surface area contributed by atoms with Crippen LogP contribution in [0.25, 0.3) is 0 Å². The van der Waals surface area contributed by atoms with Crippen molar-refractivity contribution in [1.29, 1.82) is 0 Å². The molecule has 0 unspecified atom stereocenters. The summed E-state index contributed by atoms with van der Waals surface area (Å²) in [4.78, 5) is 11.9. The van der Waals surface area contributed by atoms with Crippen molar-refractivity contribution >= 4 is 5.91 Å². The molecule has 1 saturated carbocycles. The number of rotatable bonds is 8. The molecule has 1 atom stereocenters. The molecule has 1 amide bonds. The predicted molar refractivity (Wildman–Crippen MR) is 77.3 cm³/mol. The molecule has 3 rings (SSSR count). The molecule has 116 valence electrons. The summed E-state index contributed by atoms with van der Waals surface area (Å²) < 4.78 is 11.0. The molecule has 6 nitrogen and oxygen atoms in total. The Kier molecular flexibility index (Phi) is 4.87. The van der Waals surface area contributed by atoms with E-state index in [4.69, 9.17) is 9.47 Å². The first-order chi connectivity index (χ1) is 10.3. The molecule has 1 aliphatic carbocycles. The van der Waals surface area contributed by atoms with E-state index >= 15 is 0 Å². The number of nitrogens with one attached hydrogen (secondary N) is 2. The first kappa shape index (κ1) is 14.5. The van der Waals surface area contributed by atoms with Crippen molar-refractivity contribution in [2.24, 2.45) is 0 Å². The fourth-order valence-corrected chi connectivity index (χ4v) is 2.51. The number of aromatic amines is 1. The van der Waals surface area contributed by atoms with E-state index in [-0.39, 0.29) is 12.0 Å². The van der Waals surface area contributed by atoms with Gasteiger partial charge in [0.15, 0.2) is 0 Å². The highest BCUT2D eigenvalue weighted by Crippen LogP contribution is 2.38. The SMILES string of the molecule is O=C(NCCCOC[C@H]1CCCO1)c1cc(C2CC2)[nH]n1. The first-order valence-electron chi connectivity index (χ1n) is 7.86. The van der Waals surface area contributed by atoms with Gasteiger partial charge in [0.2, 0.25) is 0 Å². The summed E-state index contributed by atoms with van der Waals surface area (Å²) in [5.74, 6) is 0.475. The number of amides is 1. The van der Waals surface area contributed by atoms with Crippen LogP contribution >= 0.6 is 0 Å². The van der Waals surface area contributed by atoms with Crippen LogP contribution in [0.3, 0.4) is 0 Å². The van der Waals surface area contributed by atoms with E-state index in [0.717, 1.165) is 31.6 Å². The zero-order valence-corrected chi connectivity index (χ0v) is 12.3. The molecular formula is C15H23N3O3. The van der Waals surface area contributed by atoms with Gasteiger partial charge in [-0.05, 0) is 38.2 Å². The third-order valence-electron chi connectivity index (χ3n) is 3.93. The van der Waals surface area contributed by atoms with Gasteiger partial charge in [0.1, 0.15) is 5.69 Å². The van der Waals surface area contributed by atoms with E-state index in [1.165, 1.54) is 12.8 Å². The Morgan fingerprint density at radius 1 is 1.48 bits per heavy atom. The second-order valence-electron chi connectivity index (χ2n) is 5.80. The van der Waals surface area contributed by atoms with Crippen LogP contribution in [0.2, 0.25) is 0 Å². The number of hydrogen-bond donors (Lipinski definition) is 2. The minimum atomic E-state index is -0.114. The van der Waals surface area contributed by atoms with Crippen LogP contribution < -0.4 is 5.32 Å². The maximum atomic E-state index is 11.9. The third kappa shape index (κ3) is 4.28. The highest BCUT2D eigenvalue weighted by Gasteiger charge is 2.26. The molecule has 6 heteroatoms. The van der Waals surface area contributed by atoms with Crippen molar-refractivity contribution in [3.63, 3.8) is 0 Å². The molecule has 2 aliphatic rings. The van der Waals surface area contributed by atoms with E-state index in [0.29, 0.717) is 31.4 Å². The summed E-state index contributed by atoms with van der Waals surface area (Å²) in [5, 5.41) is 9.87. The van der Waals surface area contributed by atoms with Crippen molar-refractivity contribution in [1.82, 2.24) is 15.5 Å². The summed E-state index contributed by atoms with van der Waals surface area (Å²) in [6, 6.07) is 1.86. The maximum Gasteiger partial charge on any atom is 0.271 e. The lowest BCUT2D eigenvalue weighted by Gasteiger charge is -2.10. The molecule has 0 spiro atoms. The summed E-state index contributed by atoms with van der Waals surface area (Å²) >= 11 is 0. The smallest absolute Gasteiger partial charge is 0.271 e. The van der Waals surface area contributed by atoms with Crippen molar-refractivity contribution in [2.45, 2.75) is 44.1 Å². The Bertz CT molecular complexity index is 464. The van der Waals surface area contributed by atoms with Gasteiger partial charge in [0, 0.05) is 31.4 Å². The van der Waals surface area contributed by atoms with E-state index in [1.807, 2.05) is 6.07 Å². The molecule has 0 bridgehead atoms. The highest BCUT2D eigenvalue weighted by molar-refractivity contribution is 5.92. The molecule has 1 aromatic heterocycles. The molecule has 21 heavy (non-hydrogen) atoms. The molecule has 0 radical (unpaired) electrons. The third-order valence-corrected chi connectivity index (χ3v) is 3.93. The van der Waals surface area contributed by atoms with Gasteiger partial charge in [0.05, 0.1) is 12.7 Å². The van der Waals surface area contributed by atoms with E-state index in [9.17, 15) is 4.79 Å². The van der Waals surface area contributed by atoms with Gasteiger partial charge in [-0.3, -0.25) is 9.89 Å². The second-order valence-corrected chi connectivity index (χ2v) is 5.80. The molecular weight excluding hydrogens is 270 g/mol. The lowest BCUT2D eigenvalue weighted by atomic mass is 10.2. The van der Waals surface area contributed by atoms with Crippen LogP contribution in [0.5, 0.6) is 0 Å². The van der Waals surface area contributed by atoms with Crippen molar-refractivity contribution in [3.8, 4) is 0 Å². The maximum absolute atomic E-state index is 11.9. The molecule has 2 N–H and O–H groups in total. The number of H-pyrrole nitrogens is 1. The molecule has 1 aliphatic heterocycles. The summed E-state index contributed by atoms with van der Waals surface area (Å²) in [6.45, 7) is 2.78. The average molecular weight is 293 g/mol. The highest BCUT2D eigenvalue weighted by atomic mass is 16.5. The Balaban J connectivity index is 1.26. The van der Waals surface area contributed by atoms with Gasteiger partial charge >= 0.3 is 0 Å². The molecule has 0 aromatic carbocycles. The standard InChI is InChI=1S/C15H23N3O3/c19-15(14-9-13(17-18-14)11-4-5-11)16-6-2-7-20-10-12-3-1-8-21-12/h9,11-12H,1-8,10H2,(H,16,19)(H,17,18)/t12-/m1/s1. The van der Waals surface area contributed by atoms with Crippen LogP contribution in [0, 0.1) is 0 Å². The number of aromatic nitrogens is 2. The summed E-state index contributed by atoms with van der Waals surface area (Å²) in [6.07, 6.45) is 5.70. The van der Waals surface area contributed by atoms with Crippen LogP contribution in [0.1, 0.15) is 54.2 Å². The van der Waals surface area contributed by atoms with Crippen molar-refractivity contribution in [2.75, 3.05) is 26.4 Å². The number of carbonyl (C=O) groups excluding carboxylic acids is 1. The Morgan fingerprint density at radius 3 is 3.14 bits per heavy atom. The predicted octanol–water partition coefficient (Wildman–Crippen LogP) is 1.60. The lowest BCUT2D eigenvalue weighted by molar-refractivity contribution is 0.0166. The Morgan fingerprint density at radius 2 is 2.38 bits per heavy atom. The van der Waals surface area contributed by atoms with Gasteiger partial charge in [-0.2, -0.15) is 5.10 Å². The minimum absolute atomic E-state index is 0.114. The lowest BCUT2D eigenvalue weighted by Crippen LogP contribution is -2.26. The van der Waals surface area contributed by atoms with Crippen molar-refractivity contribution < 1.29 is 14.3 Å². The van der Waals surface area contributed by atoms with Crippen LogP contribution in [0.15, 0.2) is 6.07 Å². The van der Waals surface area contributed by atoms with Crippen LogP contribution in [-0.4, -0.2) is 48.6 Å². The van der Waals surface area contributed by atoms with E-state index in [1.54, 1.807) is 0 Å². The zero-order chi connectivity index (χ0) is 14.5. The second kappa shape index (κ2) is 7.04. The fourth-order valence-electron chi connectivity index (χ4n) is 2.51. The molecule has 2 fully saturated rings. The first-order valence-corrected chi connectivity index (χ1v) is 7.86. The zero-order valence-electron chi connectivity index (χ0n) is 12.3. The monoisotopic (exact) mass is 293 g/mol. The number of hydrogen-bond acceptors (Lipinski definition) is 4. The summed E-state index contributed by atoms with van der Waals surface area (Å²) in [5.41, 5.74) is 1.57. The van der Waals surface area contributed by atoms with E-state index < -0.39 is 0 Å². The van der Waals surface area contributed by atoms with Crippen LogP contribution in [-0.2, 0) is 9.47 Å². The van der Waals surface area contributed by atoms with Crippen LogP contribution in [0.4, 0.5) is 0 Å². The quantitative estimate of drug-likeness (QED) is 0.714. The number of carbonyl (C=O) groups is 1. The summed E-state index contributed by atoms with van der Waals surface area (Å²) in [7, 11) is 0. The van der Waals surface area contributed by atoms with E-state index in [2.05, 4.69) is 15.5 Å². The Labute approximate surface area is 124 Å². The Hall–Kier alpha value is -1.40. The fraction of sp³-hybridized carbons (Fsp3) is 0.733. The number of nitrogens with zero attached hydrogens (tertiary/aromatic N) is 1. The van der Waals surface area contributed by atoms with Gasteiger partial charge in [-0.15, -0.1) is 0 Å². The van der Waals surface area contributed by atoms with Crippen molar-refractivity contribution in [3.05, 3.63) is 17.5 Å². The molecule has 2 heterocycles. The molecule has 1 aromatic rings. The van der Waals surface area contributed by atoms with Gasteiger partial charge in [0.25, 0.3) is 5.91 Å².